The van der Waals surface area contributed by atoms with E-state index in [4.69, 9.17) is 0 Å². The summed E-state index contributed by atoms with van der Waals surface area (Å²) in [6, 6.07) is 28.7. The molecule has 0 aliphatic carbocycles. The van der Waals surface area contributed by atoms with Crippen LogP contribution in [-0.4, -0.2) is 20.2 Å². The molecule has 8 heteroatoms. The first-order valence-corrected chi connectivity index (χ1v) is 13.2. The third-order valence-electron chi connectivity index (χ3n) is 5.80. The van der Waals surface area contributed by atoms with Gasteiger partial charge < -0.3 is 10.6 Å². The van der Waals surface area contributed by atoms with Gasteiger partial charge in [-0.3, -0.25) is 14.3 Å². The fourth-order valence-corrected chi connectivity index (χ4v) is 4.76. The summed E-state index contributed by atoms with van der Waals surface area (Å²) in [4.78, 5) is 26.0. The van der Waals surface area contributed by atoms with Crippen molar-refractivity contribution in [2.24, 2.45) is 0 Å². The Morgan fingerprint density at radius 2 is 1.35 bits per heavy atom. The van der Waals surface area contributed by atoms with Crippen molar-refractivity contribution in [2.45, 2.75) is 24.8 Å². The largest absolute Gasteiger partial charge is 0.345 e. The molecule has 4 aromatic rings. The van der Waals surface area contributed by atoms with E-state index in [1.54, 1.807) is 36.4 Å². The van der Waals surface area contributed by atoms with Gasteiger partial charge in [0.2, 0.25) is 0 Å². The standard InChI is InChI=1S/C29H27N3O4S/c1-20-12-18-25(19-13-20)37(35,36)32-24-16-14-23(15-17-24)28(33)31-27-11-7-6-10-26(27)29(34)30-21(2)22-8-4-3-5-9-22/h3-19,21,32H,1-2H3,(H,30,34)(H,31,33)/t21-/m0/s1. The molecule has 0 heterocycles. The number of para-hydroxylation sites is 1. The van der Waals surface area contributed by atoms with Crippen molar-refractivity contribution in [1.29, 1.82) is 0 Å². The normalized spacial score (nSPS) is 11.8. The van der Waals surface area contributed by atoms with Crippen molar-refractivity contribution in [3.8, 4) is 0 Å². The summed E-state index contributed by atoms with van der Waals surface area (Å²) in [5.74, 6) is -0.739. The molecule has 188 valence electrons. The number of carbonyl (C=O) groups is 2. The van der Waals surface area contributed by atoms with Crippen molar-refractivity contribution in [3.05, 3.63) is 125 Å². The van der Waals surface area contributed by atoms with E-state index >= 15 is 0 Å². The van der Waals surface area contributed by atoms with E-state index < -0.39 is 15.9 Å². The number of hydrogen-bond donors (Lipinski definition) is 3. The van der Waals surface area contributed by atoms with E-state index in [9.17, 15) is 18.0 Å². The van der Waals surface area contributed by atoms with Crippen LogP contribution in [0.5, 0.6) is 0 Å². The lowest BCUT2D eigenvalue weighted by Crippen LogP contribution is -2.28. The van der Waals surface area contributed by atoms with Crippen LogP contribution in [-0.2, 0) is 10.0 Å². The van der Waals surface area contributed by atoms with Gasteiger partial charge in [0.05, 0.1) is 22.2 Å². The van der Waals surface area contributed by atoms with Gasteiger partial charge in [-0.1, -0.05) is 60.2 Å². The highest BCUT2D eigenvalue weighted by molar-refractivity contribution is 7.92. The Kier molecular flexibility index (Phi) is 7.69. The molecule has 0 aliphatic rings. The molecule has 0 saturated heterocycles. The fourth-order valence-electron chi connectivity index (χ4n) is 3.71. The zero-order valence-corrected chi connectivity index (χ0v) is 21.3. The van der Waals surface area contributed by atoms with E-state index in [0.29, 0.717) is 22.5 Å². The molecule has 1 atom stereocenters. The van der Waals surface area contributed by atoms with Crippen LogP contribution in [0.15, 0.2) is 108 Å². The van der Waals surface area contributed by atoms with Gasteiger partial charge in [-0.15, -0.1) is 0 Å². The second kappa shape index (κ2) is 11.1. The topological polar surface area (TPSA) is 104 Å². The quantitative estimate of drug-likeness (QED) is 0.288. The molecule has 0 aromatic heterocycles. The van der Waals surface area contributed by atoms with Crippen LogP contribution in [0, 0.1) is 6.92 Å². The Balaban J connectivity index is 1.44. The van der Waals surface area contributed by atoms with Crippen LogP contribution in [0.2, 0.25) is 0 Å². The average Bonchev–Trinajstić information content (AvgIpc) is 2.90. The molecule has 7 nitrogen and oxygen atoms in total. The minimum Gasteiger partial charge on any atom is -0.345 e. The first kappa shape index (κ1) is 25.7. The first-order valence-electron chi connectivity index (χ1n) is 11.7. The number of benzene rings is 4. The molecule has 0 aliphatic heterocycles. The molecule has 4 aromatic carbocycles. The number of anilines is 2. The van der Waals surface area contributed by atoms with Crippen LogP contribution < -0.4 is 15.4 Å². The van der Waals surface area contributed by atoms with E-state index in [1.807, 2.05) is 44.2 Å². The second-order valence-corrected chi connectivity index (χ2v) is 10.3. The Morgan fingerprint density at radius 1 is 0.730 bits per heavy atom. The predicted octanol–water partition coefficient (Wildman–Crippen LogP) is 5.54. The average molecular weight is 514 g/mol. The highest BCUT2D eigenvalue weighted by Gasteiger charge is 2.17. The molecule has 0 bridgehead atoms. The lowest BCUT2D eigenvalue weighted by molar-refractivity contribution is 0.0940. The number of sulfonamides is 1. The van der Waals surface area contributed by atoms with Gasteiger partial charge in [0, 0.05) is 11.3 Å². The van der Waals surface area contributed by atoms with Crippen molar-refractivity contribution in [1.82, 2.24) is 5.32 Å². The number of carbonyl (C=O) groups excluding carboxylic acids is 2. The zero-order valence-electron chi connectivity index (χ0n) is 20.4. The van der Waals surface area contributed by atoms with Gasteiger partial charge in [0.1, 0.15) is 0 Å². The van der Waals surface area contributed by atoms with Crippen molar-refractivity contribution >= 4 is 33.2 Å². The number of amides is 2. The summed E-state index contributed by atoms with van der Waals surface area (Å²) in [6.07, 6.45) is 0. The third kappa shape index (κ3) is 6.42. The molecule has 0 unspecified atom stereocenters. The molecule has 4 rings (SSSR count). The molecule has 0 fully saturated rings. The van der Waals surface area contributed by atoms with E-state index in [1.165, 1.54) is 36.4 Å². The zero-order chi connectivity index (χ0) is 26.4. The monoisotopic (exact) mass is 513 g/mol. The number of rotatable bonds is 8. The van der Waals surface area contributed by atoms with Crippen LogP contribution in [0.1, 0.15) is 44.8 Å². The number of nitrogens with one attached hydrogen (secondary N) is 3. The smallest absolute Gasteiger partial charge is 0.261 e. The Bertz CT molecular complexity index is 1500. The Labute approximate surface area is 216 Å². The summed E-state index contributed by atoms with van der Waals surface area (Å²) in [5.41, 5.74) is 3.27. The molecule has 37 heavy (non-hydrogen) atoms. The summed E-state index contributed by atoms with van der Waals surface area (Å²) < 4.78 is 27.7. The summed E-state index contributed by atoms with van der Waals surface area (Å²) in [7, 11) is -3.75. The molecular formula is C29H27N3O4S. The third-order valence-corrected chi connectivity index (χ3v) is 7.19. The molecular weight excluding hydrogens is 486 g/mol. The SMILES string of the molecule is Cc1ccc(S(=O)(=O)Nc2ccc(C(=O)Nc3ccccc3C(=O)N[C@@H](C)c3ccccc3)cc2)cc1. The highest BCUT2D eigenvalue weighted by atomic mass is 32.2. The maximum absolute atomic E-state index is 13.0. The first-order chi connectivity index (χ1) is 17.7. The van der Waals surface area contributed by atoms with Gasteiger partial charge in [0.25, 0.3) is 21.8 Å². The van der Waals surface area contributed by atoms with Crippen LogP contribution in [0.3, 0.4) is 0 Å². The lowest BCUT2D eigenvalue weighted by Gasteiger charge is -2.16. The van der Waals surface area contributed by atoms with Gasteiger partial charge in [0.15, 0.2) is 0 Å². The highest BCUT2D eigenvalue weighted by Crippen LogP contribution is 2.21. The van der Waals surface area contributed by atoms with Crippen molar-refractivity contribution < 1.29 is 18.0 Å². The number of hydrogen-bond acceptors (Lipinski definition) is 4. The van der Waals surface area contributed by atoms with Gasteiger partial charge in [-0.2, -0.15) is 0 Å². The van der Waals surface area contributed by atoms with E-state index in [-0.39, 0.29) is 16.8 Å². The minimum absolute atomic E-state index is 0.149. The van der Waals surface area contributed by atoms with Crippen LogP contribution in [0.4, 0.5) is 11.4 Å². The second-order valence-electron chi connectivity index (χ2n) is 8.60. The molecule has 3 N–H and O–H groups in total. The molecule has 2 amide bonds. The van der Waals surface area contributed by atoms with Crippen molar-refractivity contribution in [2.75, 3.05) is 10.0 Å². The fraction of sp³-hybridized carbons (Fsp3) is 0.103. The summed E-state index contributed by atoms with van der Waals surface area (Å²) >= 11 is 0. The molecule has 0 saturated carbocycles. The van der Waals surface area contributed by atoms with Gasteiger partial charge in [-0.25, -0.2) is 8.42 Å². The minimum atomic E-state index is -3.75. The number of aryl methyl sites for hydroxylation is 1. The Morgan fingerprint density at radius 3 is 2.03 bits per heavy atom. The van der Waals surface area contributed by atoms with Crippen LogP contribution in [0.25, 0.3) is 0 Å². The summed E-state index contributed by atoms with van der Waals surface area (Å²) in [5, 5.41) is 5.74. The lowest BCUT2D eigenvalue weighted by atomic mass is 10.1. The van der Waals surface area contributed by atoms with Gasteiger partial charge in [-0.05, 0) is 67.9 Å². The maximum Gasteiger partial charge on any atom is 0.261 e. The van der Waals surface area contributed by atoms with Gasteiger partial charge >= 0.3 is 0 Å². The molecule has 0 spiro atoms. The van der Waals surface area contributed by atoms with Crippen molar-refractivity contribution in [3.63, 3.8) is 0 Å². The van der Waals surface area contributed by atoms with E-state index in [0.717, 1.165) is 11.1 Å². The summed E-state index contributed by atoms with van der Waals surface area (Å²) in [6.45, 7) is 3.77. The van der Waals surface area contributed by atoms with Crippen LogP contribution >= 0.6 is 0 Å². The predicted molar refractivity (Wildman–Crippen MR) is 145 cm³/mol. The Hall–Kier alpha value is -4.43. The van der Waals surface area contributed by atoms with E-state index in [2.05, 4.69) is 15.4 Å². The molecule has 0 radical (unpaired) electrons. The maximum atomic E-state index is 13.0.